The van der Waals surface area contributed by atoms with Crippen molar-refractivity contribution in [2.24, 2.45) is 0 Å². The SMILES string of the molecule is CC(C)(C)OC(=O)NC(c1ccc(CN2CCC3(CC2)OCc2ccncc23)cc1)c1ccc(F)c(F)c1. The quantitative estimate of drug-likeness (QED) is 0.447. The zero-order valence-corrected chi connectivity index (χ0v) is 22.0. The zero-order chi connectivity index (χ0) is 26.9. The van der Waals surface area contributed by atoms with Crippen molar-refractivity contribution in [2.75, 3.05) is 13.1 Å². The molecule has 5 rings (SSSR count). The Kier molecular flexibility index (Phi) is 7.20. The molecule has 2 aliphatic heterocycles. The third-order valence-electron chi connectivity index (χ3n) is 7.23. The summed E-state index contributed by atoms with van der Waals surface area (Å²) in [5.41, 5.74) is 3.84. The number of carbonyl (C=O) groups excluding carboxylic acids is 1. The van der Waals surface area contributed by atoms with Gasteiger partial charge < -0.3 is 14.8 Å². The molecule has 1 atom stereocenters. The molecule has 0 radical (unpaired) electrons. The summed E-state index contributed by atoms with van der Waals surface area (Å²) in [5, 5.41) is 2.81. The molecule has 1 N–H and O–H groups in total. The summed E-state index contributed by atoms with van der Waals surface area (Å²) >= 11 is 0. The second-order valence-corrected chi connectivity index (χ2v) is 11.1. The van der Waals surface area contributed by atoms with Crippen LogP contribution >= 0.6 is 0 Å². The van der Waals surface area contributed by atoms with Crippen LogP contribution in [0.5, 0.6) is 0 Å². The van der Waals surface area contributed by atoms with Gasteiger partial charge in [-0.25, -0.2) is 13.6 Å². The fourth-order valence-electron chi connectivity index (χ4n) is 5.29. The number of amides is 1. The first kappa shape index (κ1) is 26.3. The maximum atomic E-state index is 14.0. The molecule has 8 heteroatoms. The number of fused-ring (bicyclic) bond motifs is 2. The van der Waals surface area contributed by atoms with Crippen LogP contribution in [0.3, 0.4) is 0 Å². The van der Waals surface area contributed by atoms with Gasteiger partial charge in [-0.15, -0.1) is 0 Å². The molecule has 2 aromatic carbocycles. The summed E-state index contributed by atoms with van der Waals surface area (Å²) in [6.45, 7) is 8.56. The Morgan fingerprint density at radius 3 is 2.47 bits per heavy atom. The van der Waals surface area contributed by atoms with Gasteiger partial charge in [0.05, 0.1) is 18.2 Å². The van der Waals surface area contributed by atoms with E-state index >= 15 is 0 Å². The lowest BCUT2D eigenvalue weighted by molar-refractivity contribution is -0.0800. The fraction of sp³-hybridized carbons (Fsp3) is 0.400. The van der Waals surface area contributed by atoms with Gasteiger partial charge in [0.15, 0.2) is 11.6 Å². The Bertz CT molecular complexity index is 1300. The first-order valence-electron chi connectivity index (χ1n) is 12.9. The molecule has 1 aromatic heterocycles. The standard InChI is InChI=1S/C30H33F2N3O3/c1-29(2,3)38-28(36)34-27(22-8-9-25(31)26(32)16-22)21-6-4-20(5-7-21)18-35-14-11-30(12-15-35)24-17-33-13-10-23(24)19-37-30/h4-10,13,16-17,27H,11-12,14-15,18-19H2,1-3H3,(H,34,36). The number of carbonyl (C=O) groups is 1. The van der Waals surface area contributed by atoms with Crippen LogP contribution in [0, 0.1) is 11.6 Å². The highest BCUT2D eigenvalue weighted by molar-refractivity contribution is 5.69. The molecule has 1 spiro atoms. The van der Waals surface area contributed by atoms with E-state index in [2.05, 4.69) is 15.2 Å². The molecule has 6 nitrogen and oxygen atoms in total. The smallest absolute Gasteiger partial charge is 0.408 e. The van der Waals surface area contributed by atoms with Crippen LogP contribution in [-0.4, -0.2) is 34.7 Å². The lowest BCUT2D eigenvalue weighted by atomic mass is 9.84. The van der Waals surface area contributed by atoms with Gasteiger partial charge in [0.2, 0.25) is 0 Å². The van der Waals surface area contributed by atoms with E-state index in [1.165, 1.54) is 17.2 Å². The highest BCUT2D eigenvalue weighted by Crippen LogP contribution is 2.43. The zero-order valence-electron chi connectivity index (χ0n) is 22.0. The van der Waals surface area contributed by atoms with Gasteiger partial charge in [-0.05, 0) is 74.1 Å². The van der Waals surface area contributed by atoms with Crippen LogP contribution < -0.4 is 5.32 Å². The Hall–Kier alpha value is -3.36. The number of alkyl carbamates (subject to hydrolysis) is 1. The predicted octanol–water partition coefficient (Wildman–Crippen LogP) is 6.00. The first-order valence-corrected chi connectivity index (χ1v) is 12.9. The predicted molar refractivity (Wildman–Crippen MR) is 139 cm³/mol. The molecule has 1 unspecified atom stereocenters. The number of hydrogen-bond donors (Lipinski definition) is 1. The van der Waals surface area contributed by atoms with Crippen molar-refractivity contribution in [3.8, 4) is 0 Å². The normalized spacial score (nSPS) is 17.7. The molecule has 3 heterocycles. The van der Waals surface area contributed by atoms with Crippen LogP contribution in [0.25, 0.3) is 0 Å². The molecule has 2 aliphatic rings. The number of hydrogen-bond acceptors (Lipinski definition) is 5. The largest absolute Gasteiger partial charge is 0.444 e. The molecule has 1 amide bonds. The number of nitrogens with one attached hydrogen (secondary N) is 1. The van der Waals surface area contributed by atoms with Gasteiger partial charge in [0.25, 0.3) is 0 Å². The summed E-state index contributed by atoms with van der Waals surface area (Å²) in [6, 6.07) is 12.8. The summed E-state index contributed by atoms with van der Waals surface area (Å²) in [5.74, 6) is -1.91. The van der Waals surface area contributed by atoms with Gasteiger partial charge in [0, 0.05) is 37.6 Å². The molecule has 3 aromatic rings. The minimum atomic E-state index is -0.970. The van der Waals surface area contributed by atoms with E-state index in [4.69, 9.17) is 9.47 Å². The summed E-state index contributed by atoms with van der Waals surface area (Å²) in [6.07, 6.45) is 4.97. The Labute approximate surface area is 222 Å². The van der Waals surface area contributed by atoms with Crippen LogP contribution in [0.4, 0.5) is 13.6 Å². The third-order valence-corrected chi connectivity index (χ3v) is 7.23. The Morgan fingerprint density at radius 1 is 1.08 bits per heavy atom. The number of likely N-dealkylation sites (tertiary alicyclic amines) is 1. The third kappa shape index (κ3) is 5.71. The van der Waals surface area contributed by atoms with Crippen LogP contribution in [0.1, 0.15) is 67.5 Å². The number of benzene rings is 2. The van der Waals surface area contributed by atoms with E-state index in [-0.39, 0.29) is 5.60 Å². The van der Waals surface area contributed by atoms with Crippen LogP contribution in [0.15, 0.2) is 60.9 Å². The molecular weight excluding hydrogens is 488 g/mol. The van der Waals surface area contributed by atoms with E-state index in [1.54, 1.807) is 20.8 Å². The van der Waals surface area contributed by atoms with Crippen molar-refractivity contribution in [2.45, 2.75) is 64.0 Å². The van der Waals surface area contributed by atoms with E-state index in [9.17, 15) is 13.6 Å². The van der Waals surface area contributed by atoms with E-state index < -0.39 is 29.4 Å². The summed E-state index contributed by atoms with van der Waals surface area (Å²) in [7, 11) is 0. The minimum absolute atomic E-state index is 0.227. The number of piperidine rings is 1. The number of pyridine rings is 1. The monoisotopic (exact) mass is 521 g/mol. The van der Waals surface area contributed by atoms with Crippen molar-refractivity contribution in [1.29, 1.82) is 0 Å². The summed E-state index contributed by atoms with van der Waals surface area (Å²) < 4.78 is 39.3. The van der Waals surface area contributed by atoms with Crippen molar-refractivity contribution in [3.63, 3.8) is 0 Å². The van der Waals surface area contributed by atoms with Crippen molar-refractivity contribution in [1.82, 2.24) is 15.2 Å². The summed E-state index contributed by atoms with van der Waals surface area (Å²) in [4.78, 5) is 19.3. The molecular formula is C30H33F2N3O3. The minimum Gasteiger partial charge on any atom is -0.444 e. The average Bonchev–Trinajstić information content (AvgIpc) is 3.23. The number of nitrogens with zero attached hydrogens (tertiary/aromatic N) is 2. The van der Waals surface area contributed by atoms with Gasteiger partial charge in [-0.1, -0.05) is 30.3 Å². The lowest BCUT2D eigenvalue weighted by Crippen LogP contribution is -2.42. The first-order chi connectivity index (χ1) is 18.1. The van der Waals surface area contributed by atoms with Gasteiger partial charge in [-0.3, -0.25) is 9.88 Å². The molecule has 0 bridgehead atoms. The fourth-order valence-corrected chi connectivity index (χ4v) is 5.29. The highest BCUT2D eigenvalue weighted by Gasteiger charge is 2.42. The molecule has 1 saturated heterocycles. The van der Waals surface area contributed by atoms with Crippen LogP contribution in [-0.2, 0) is 28.2 Å². The van der Waals surface area contributed by atoms with Gasteiger partial charge >= 0.3 is 6.09 Å². The Balaban J connectivity index is 1.27. The van der Waals surface area contributed by atoms with Crippen LogP contribution in [0.2, 0.25) is 0 Å². The van der Waals surface area contributed by atoms with E-state index in [0.29, 0.717) is 12.2 Å². The van der Waals surface area contributed by atoms with Crippen molar-refractivity contribution >= 4 is 6.09 Å². The molecule has 200 valence electrons. The van der Waals surface area contributed by atoms with E-state index in [1.807, 2.05) is 42.7 Å². The lowest BCUT2D eigenvalue weighted by Gasteiger charge is -2.39. The second kappa shape index (κ2) is 10.4. The van der Waals surface area contributed by atoms with Crippen molar-refractivity contribution < 1.29 is 23.0 Å². The maximum Gasteiger partial charge on any atom is 0.408 e. The van der Waals surface area contributed by atoms with Gasteiger partial charge in [0.1, 0.15) is 5.60 Å². The van der Waals surface area contributed by atoms with E-state index in [0.717, 1.165) is 55.7 Å². The topological polar surface area (TPSA) is 63.7 Å². The second-order valence-electron chi connectivity index (χ2n) is 11.1. The number of halogens is 2. The molecule has 0 saturated carbocycles. The maximum absolute atomic E-state index is 14.0. The highest BCUT2D eigenvalue weighted by atomic mass is 19.2. The van der Waals surface area contributed by atoms with Crippen molar-refractivity contribution in [3.05, 3.63) is 100 Å². The average molecular weight is 522 g/mol. The number of aromatic nitrogens is 1. The Morgan fingerprint density at radius 2 is 1.79 bits per heavy atom. The molecule has 1 fully saturated rings. The number of rotatable bonds is 5. The molecule has 0 aliphatic carbocycles. The van der Waals surface area contributed by atoms with Gasteiger partial charge in [-0.2, -0.15) is 0 Å². The molecule has 38 heavy (non-hydrogen) atoms. The number of ether oxygens (including phenoxy) is 2.